The van der Waals surface area contributed by atoms with Crippen molar-refractivity contribution in [1.29, 1.82) is 0 Å². The summed E-state index contributed by atoms with van der Waals surface area (Å²) in [6.45, 7) is 2.79. The second kappa shape index (κ2) is 5.41. The van der Waals surface area contributed by atoms with Crippen LogP contribution in [0.1, 0.15) is 17.0 Å². The van der Waals surface area contributed by atoms with Crippen molar-refractivity contribution in [2.45, 2.75) is 26.6 Å². The number of H-pyrrole nitrogens is 1. The summed E-state index contributed by atoms with van der Waals surface area (Å²) < 4.78 is 1.46. The Morgan fingerprint density at radius 2 is 2.44 bits per heavy atom. The van der Waals surface area contributed by atoms with Gasteiger partial charge in [0.25, 0.3) is 0 Å². The van der Waals surface area contributed by atoms with Gasteiger partial charge in [-0.1, -0.05) is 5.21 Å². The molecule has 0 saturated carbocycles. The normalized spacial score (nSPS) is 10.6. The van der Waals surface area contributed by atoms with Gasteiger partial charge in [0.05, 0.1) is 18.1 Å². The molecule has 4 N–H and O–H groups in total. The van der Waals surface area contributed by atoms with Gasteiger partial charge in [-0.3, -0.25) is 9.89 Å². The molecule has 0 fully saturated rings. The van der Waals surface area contributed by atoms with Gasteiger partial charge < -0.3 is 11.1 Å². The number of carbonyl (C=O) groups excluding carboxylic acids is 1. The molecule has 0 saturated heterocycles. The molecule has 0 aromatic carbocycles. The molecule has 2 rings (SSSR count). The first kappa shape index (κ1) is 12.2. The highest BCUT2D eigenvalue weighted by atomic mass is 16.2. The summed E-state index contributed by atoms with van der Waals surface area (Å²) >= 11 is 0. The van der Waals surface area contributed by atoms with Gasteiger partial charge in [0.15, 0.2) is 0 Å². The Bertz CT molecular complexity index is 530. The third-order valence-corrected chi connectivity index (χ3v) is 2.51. The van der Waals surface area contributed by atoms with Gasteiger partial charge in [-0.15, -0.1) is 5.10 Å². The average molecular weight is 249 g/mol. The maximum Gasteiger partial charge on any atom is 0.242 e. The maximum absolute atomic E-state index is 11.7. The minimum Gasteiger partial charge on any atom is -0.350 e. The lowest BCUT2D eigenvalue weighted by molar-refractivity contribution is -0.122. The lowest BCUT2D eigenvalue weighted by Crippen LogP contribution is -2.27. The molecular weight excluding hydrogens is 234 g/mol. The summed E-state index contributed by atoms with van der Waals surface area (Å²) in [5.74, 6) is -0.135. The Kier molecular flexibility index (Phi) is 3.68. The predicted octanol–water partition coefficient (Wildman–Crippen LogP) is -0.915. The molecular formula is C10H15N7O. The van der Waals surface area contributed by atoms with Crippen molar-refractivity contribution < 1.29 is 4.79 Å². The summed E-state index contributed by atoms with van der Waals surface area (Å²) in [6.07, 6.45) is 3.35. The highest BCUT2D eigenvalue weighted by molar-refractivity contribution is 5.75. The number of amides is 1. The summed E-state index contributed by atoms with van der Waals surface area (Å²) in [5, 5.41) is 17.1. The molecule has 96 valence electrons. The van der Waals surface area contributed by atoms with Gasteiger partial charge in [0, 0.05) is 24.3 Å². The predicted molar refractivity (Wildman–Crippen MR) is 63.1 cm³/mol. The second-order valence-corrected chi connectivity index (χ2v) is 3.91. The molecule has 0 spiro atoms. The molecule has 18 heavy (non-hydrogen) atoms. The van der Waals surface area contributed by atoms with Crippen molar-refractivity contribution in [2.24, 2.45) is 5.73 Å². The molecule has 2 aromatic heterocycles. The van der Waals surface area contributed by atoms with Gasteiger partial charge in [-0.05, 0) is 6.92 Å². The first-order valence-electron chi connectivity index (χ1n) is 5.53. The van der Waals surface area contributed by atoms with Gasteiger partial charge >= 0.3 is 0 Å². The van der Waals surface area contributed by atoms with Crippen LogP contribution in [0.5, 0.6) is 0 Å². The van der Waals surface area contributed by atoms with E-state index in [4.69, 9.17) is 5.73 Å². The second-order valence-electron chi connectivity index (χ2n) is 3.91. The topological polar surface area (TPSA) is 115 Å². The van der Waals surface area contributed by atoms with Crippen molar-refractivity contribution >= 4 is 5.91 Å². The number of nitrogens with one attached hydrogen (secondary N) is 2. The summed E-state index contributed by atoms with van der Waals surface area (Å²) in [7, 11) is 0. The lowest BCUT2D eigenvalue weighted by atomic mass is 10.2. The summed E-state index contributed by atoms with van der Waals surface area (Å²) in [5.41, 5.74) is 7.98. The Morgan fingerprint density at radius 3 is 3.06 bits per heavy atom. The molecule has 8 heteroatoms. The molecule has 0 bridgehead atoms. The van der Waals surface area contributed by atoms with Crippen LogP contribution in [0.4, 0.5) is 0 Å². The van der Waals surface area contributed by atoms with Crippen molar-refractivity contribution in [1.82, 2.24) is 30.5 Å². The van der Waals surface area contributed by atoms with Crippen molar-refractivity contribution in [3.8, 4) is 0 Å². The Morgan fingerprint density at radius 1 is 1.61 bits per heavy atom. The SMILES string of the molecule is Cc1[nH]ncc1CNC(=O)Cn1cc(CN)nn1. The molecule has 0 aliphatic heterocycles. The number of aromatic nitrogens is 5. The van der Waals surface area contributed by atoms with Crippen LogP contribution < -0.4 is 11.1 Å². The number of rotatable bonds is 5. The van der Waals surface area contributed by atoms with Crippen LogP contribution in [0.3, 0.4) is 0 Å². The molecule has 0 aliphatic rings. The Balaban J connectivity index is 1.84. The number of nitrogens with two attached hydrogens (primary N) is 1. The average Bonchev–Trinajstić information content (AvgIpc) is 2.96. The first-order chi connectivity index (χ1) is 8.69. The highest BCUT2D eigenvalue weighted by Gasteiger charge is 2.06. The highest BCUT2D eigenvalue weighted by Crippen LogP contribution is 2.01. The van der Waals surface area contributed by atoms with E-state index in [9.17, 15) is 4.79 Å². The maximum atomic E-state index is 11.7. The van der Waals surface area contributed by atoms with E-state index >= 15 is 0 Å². The van der Waals surface area contributed by atoms with Crippen LogP contribution in [-0.4, -0.2) is 31.1 Å². The fraction of sp³-hybridized carbons (Fsp3) is 0.400. The van der Waals surface area contributed by atoms with Crippen LogP contribution in [-0.2, 0) is 24.4 Å². The van der Waals surface area contributed by atoms with Gasteiger partial charge in [-0.25, -0.2) is 4.68 Å². The number of carbonyl (C=O) groups is 1. The molecule has 0 radical (unpaired) electrons. The van der Waals surface area contributed by atoms with Crippen molar-refractivity contribution in [3.63, 3.8) is 0 Å². The summed E-state index contributed by atoms with van der Waals surface area (Å²) in [6, 6.07) is 0. The fourth-order valence-electron chi connectivity index (χ4n) is 1.46. The lowest BCUT2D eigenvalue weighted by Gasteiger charge is -2.03. The zero-order valence-electron chi connectivity index (χ0n) is 10.1. The van der Waals surface area contributed by atoms with E-state index in [-0.39, 0.29) is 12.5 Å². The zero-order valence-corrected chi connectivity index (χ0v) is 10.1. The number of nitrogens with zero attached hydrogens (tertiary/aromatic N) is 4. The van der Waals surface area contributed by atoms with E-state index in [1.54, 1.807) is 12.4 Å². The quantitative estimate of drug-likeness (QED) is 0.634. The minimum atomic E-state index is -0.135. The van der Waals surface area contributed by atoms with E-state index in [2.05, 4.69) is 25.8 Å². The van der Waals surface area contributed by atoms with Crippen LogP contribution in [0.15, 0.2) is 12.4 Å². The zero-order chi connectivity index (χ0) is 13.0. The molecule has 1 amide bonds. The molecule has 0 unspecified atom stereocenters. The van der Waals surface area contributed by atoms with E-state index in [1.165, 1.54) is 4.68 Å². The molecule has 8 nitrogen and oxygen atoms in total. The van der Waals surface area contributed by atoms with E-state index in [1.807, 2.05) is 6.92 Å². The molecule has 2 aromatic rings. The smallest absolute Gasteiger partial charge is 0.242 e. The standard InChI is InChI=1S/C10H15N7O/c1-7-8(4-13-14-7)3-12-10(18)6-17-5-9(2-11)15-16-17/h4-5H,2-3,6,11H2,1H3,(H,12,18)(H,13,14). The summed E-state index contributed by atoms with van der Waals surface area (Å²) in [4.78, 5) is 11.7. The molecule has 0 aliphatic carbocycles. The Hall–Kier alpha value is -2.22. The van der Waals surface area contributed by atoms with Crippen LogP contribution >= 0.6 is 0 Å². The fourth-order valence-corrected chi connectivity index (χ4v) is 1.46. The van der Waals surface area contributed by atoms with Crippen LogP contribution in [0, 0.1) is 6.92 Å². The number of aromatic amines is 1. The van der Waals surface area contributed by atoms with E-state index in [0.717, 1.165) is 11.3 Å². The molecule has 0 atom stereocenters. The van der Waals surface area contributed by atoms with Gasteiger partial charge in [0.2, 0.25) is 5.91 Å². The van der Waals surface area contributed by atoms with Crippen molar-refractivity contribution in [3.05, 3.63) is 29.3 Å². The van der Waals surface area contributed by atoms with Crippen LogP contribution in [0.25, 0.3) is 0 Å². The minimum absolute atomic E-state index is 0.129. The third kappa shape index (κ3) is 2.92. The monoisotopic (exact) mass is 249 g/mol. The Labute approximate surface area is 104 Å². The molecule has 2 heterocycles. The number of hydrogen-bond acceptors (Lipinski definition) is 5. The first-order valence-corrected chi connectivity index (χ1v) is 5.53. The van der Waals surface area contributed by atoms with Gasteiger partial charge in [0.1, 0.15) is 6.54 Å². The number of aryl methyl sites for hydroxylation is 1. The van der Waals surface area contributed by atoms with Gasteiger partial charge in [-0.2, -0.15) is 5.10 Å². The largest absolute Gasteiger partial charge is 0.350 e. The van der Waals surface area contributed by atoms with Crippen LogP contribution in [0.2, 0.25) is 0 Å². The number of hydrogen-bond donors (Lipinski definition) is 3. The van der Waals surface area contributed by atoms with Crippen molar-refractivity contribution in [2.75, 3.05) is 0 Å². The third-order valence-electron chi connectivity index (χ3n) is 2.51. The van der Waals surface area contributed by atoms with E-state index < -0.39 is 0 Å². The van der Waals surface area contributed by atoms with E-state index in [0.29, 0.717) is 18.8 Å².